The zero-order chi connectivity index (χ0) is 24.4. The molecule has 180 valence electrons. The number of amides is 1. The summed E-state index contributed by atoms with van der Waals surface area (Å²) in [5.74, 6) is -1.41. The van der Waals surface area contributed by atoms with Gasteiger partial charge in [0.25, 0.3) is 0 Å². The lowest BCUT2D eigenvalue weighted by Gasteiger charge is -2.43. The fourth-order valence-electron chi connectivity index (χ4n) is 3.97. The Morgan fingerprint density at radius 2 is 1.67 bits per heavy atom. The minimum Gasteiger partial charge on any atom is -0.404 e. The highest BCUT2D eigenvalue weighted by atomic mass is 35.5. The molecule has 12 heteroatoms. The first kappa shape index (κ1) is 25.6. The molecular weight excluding hydrogens is 504 g/mol. The molecule has 1 amide bonds. The standard InChI is InChI=1S/C21H21Cl2F3N2O4S/c22-15-5-7-16(8-6-15)33(30,31)28(20(19(27)29)10-2-1-3-11-20)13-14-4-9-18(17(23)12-14)32-21(24,25)26/h4-9,12H,1-3,10-11,13H2,(H2,27,29). The third-order valence-corrected chi connectivity index (χ3v) is 8.04. The van der Waals surface area contributed by atoms with Gasteiger partial charge in [-0.05, 0) is 54.8 Å². The van der Waals surface area contributed by atoms with E-state index in [4.69, 9.17) is 28.9 Å². The van der Waals surface area contributed by atoms with Crippen LogP contribution < -0.4 is 10.5 Å². The largest absolute Gasteiger partial charge is 0.573 e. The number of nitrogens with two attached hydrogens (primary N) is 1. The van der Waals surface area contributed by atoms with Crippen LogP contribution in [0.3, 0.4) is 0 Å². The van der Waals surface area contributed by atoms with Crippen molar-refractivity contribution in [2.45, 2.75) is 55.4 Å². The van der Waals surface area contributed by atoms with Crippen molar-refractivity contribution >= 4 is 39.1 Å². The number of hydrogen-bond acceptors (Lipinski definition) is 4. The summed E-state index contributed by atoms with van der Waals surface area (Å²) >= 11 is 11.8. The van der Waals surface area contributed by atoms with Crippen LogP contribution in [-0.4, -0.2) is 30.5 Å². The number of ether oxygens (including phenoxy) is 1. The number of benzene rings is 2. The number of alkyl halides is 3. The third-order valence-electron chi connectivity index (χ3n) is 5.57. The van der Waals surface area contributed by atoms with Crippen molar-refractivity contribution in [3.63, 3.8) is 0 Å². The third kappa shape index (κ3) is 5.74. The predicted molar refractivity (Wildman–Crippen MR) is 117 cm³/mol. The average molecular weight is 525 g/mol. The maximum atomic E-state index is 13.7. The Morgan fingerprint density at radius 1 is 1.06 bits per heavy atom. The van der Waals surface area contributed by atoms with Crippen LogP contribution in [0.25, 0.3) is 0 Å². The Morgan fingerprint density at radius 3 is 2.18 bits per heavy atom. The van der Waals surface area contributed by atoms with Crippen molar-refractivity contribution in [1.29, 1.82) is 0 Å². The fraction of sp³-hybridized carbons (Fsp3) is 0.381. The van der Waals surface area contributed by atoms with Crippen LogP contribution in [0.5, 0.6) is 5.75 Å². The van der Waals surface area contributed by atoms with Gasteiger partial charge in [-0.3, -0.25) is 4.79 Å². The summed E-state index contributed by atoms with van der Waals surface area (Å²) in [4.78, 5) is 12.5. The van der Waals surface area contributed by atoms with E-state index < -0.39 is 33.6 Å². The summed E-state index contributed by atoms with van der Waals surface area (Å²) in [6.07, 6.45) is -2.49. The van der Waals surface area contributed by atoms with Gasteiger partial charge in [0.2, 0.25) is 15.9 Å². The SMILES string of the molecule is NC(=O)C1(N(Cc2ccc(OC(F)(F)F)c(Cl)c2)S(=O)(=O)c2ccc(Cl)cc2)CCCCC1. The molecule has 2 aromatic rings. The Balaban J connectivity index is 2.07. The monoisotopic (exact) mass is 524 g/mol. The average Bonchev–Trinajstić information content (AvgIpc) is 2.73. The van der Waals surface area contributed by atoms with E-state index in [1.54, 1.807) is 0 Å². The maximum Gasteiger partial charge on any atom is 0.573 e. The lowest BCUT2D eigenvalue weighted by atomic mass is 9.81. The summed E-state index contributed by atoms with van der Waals surface area (Å²) < 4.78 is 69.9. The molecule has 1 saturated carbocycles. The lowest BCUT2D eigenvalue weighted by Crippen LogP contribution is -2.60. The van der Waals surface area contributed by atoms with Crippen molar-refractivity contribution in [2.24, 2.45) is 5.73 Å². The van der Waals surface area contributed by atoms with Crippen LogP contribution >= 0.6 is 23.2 Å². The summed E-state index contributed by atoms with van der Waals surface area (Å²) in [5.41, 5.74) is 4.51. The zero-order valence-corrected chi connectivity index (χ0v) is 19.6. The lowest BCUT2D eigenvalue weighted by molar-refractivity contribution is -0.274. The number of sulfonamides is 1. The van der Waals surface area contributed by atoms with Gasteiger partial charge < -0.3 is 10.5 Å². The first-order valence-electron chi connectivity index (χ1n) is 9.98. The quantitative estimate of drug-likeness (QED) is 0.534. The van der Waals surface area contributed by atoms with Crippen molar-refractivity contribution in [2.75, 3.05) is 0 Å². The molecule has 0 unspecified atom stereocenters. The molecule has 0 aliphatic heterocycles. The molecule has 0 radical (unpaired) electrons. The van der Waals surface area contributed by atoms with Crippen molar-refractivity contribution in [3.05, 3.63) is 58.1 Å². The van der Waals surface area contributed by atoms with E-state index in [0.29, 0.717) is 17.9 Å². The molecule has 0 bridgehead atoms. The molecular formula is C21H21Cl2F3N2O4S. The summed E-state index contributed by atoms with van der Waals surface area (Å²) in [6, 6.07) is 8.87. The van der Waals surface area contributed by atoms with E-state index in [2.05, 4.69) is 4.74 Å². The van der Waals surface area contributed by atoms with Crippen LogP contribution in [-0.2, 0) is 21.4 Å². The fourth-order valence-corrected chi connectivity index (χ4v) is 6.13. The van der Waals surface area contributed by atoms with Gasteiger partial charge in [-0.2, -0.15) is 4.31 Å². The summed E-state index contributed by atoms with van der Waals surface area (Å²) in [6.45, 7) is -0.333. The highest BCUT2D eigenvalue weighted by Crippen LogP contribution is 2.39. The first-order valence-corrected chi connectivity index (χ1v) is 12.2. The molecule has 2 aromatic carbocycles. The molecule has 0 heterocycles. The van der Waals surface area contributed by atoms with E-state index in [1.807, 2.05) is 0 Å². The number of halogens is 5. The second-order valence-electron chi connectivity index (χ2n) is 7.73. The van der Waals surface area contributed by atoms with E-state index >= 15 is 0 Å². The number of carbonyl (C=O) groups is 1. The number of primary amides is 1. The Kier molecular flexibility index (Phi) is 7.52. The molecule has 2 N–H and O–H groups in total. The number of carbonyl (C=O) groups excluding carboxylic acids is 1. The van der Waals surface area contributed by atoms with Gasteiger partial charge in [-0.15, -0.1) is 13.2 Å². The molecule has 1 aliphatic rings. The van der Waals surface area contributed by atoms with Crippen molar-refractivity contribution in [3.8, 4) is 5.75 Å². The molecule has 0 spiro atoms. The number of hydrogen-bond donors (Lipinski definition) is 1. The molecule has 1 aliphatic carbocycles. The molecule has 0 atom stereocenters. The molecule has 3 rings (SSSR count). The van der Waals surface area contributed by atoms with Crippen molar-refractivity contribution < 1.29 is 31.1 Å². The zero-order valence-electron chi connectivity index (χ0n) is 17.2. The highest BCUT2D eigenvalue weighted by molar-refractivity contribution is 7.89. The van der Waals surface area contributed by atoms with E-state index in [1.165, 1.54) is 36.4 Å². The second kappa shape index (κ2) is 9.69. The minimum absolute atomic E-state index is 0.0961. The molecule has 33 heavy (non-hydrogen) atoms. The minimum atomic E-state index is -4.94. The smallest absolute Gasteiger partial charge is 0.404 e. The molecule has 0 aromatic heterocycles. The van der Waals surface area contributed by atoms with Gasteiger partial charge in [-0.25, -0.2) is 8.42 Å². The van der Waals surface area contributed by atoms with Gasteiger partial charge >= 0.3 is 6.36 Å². The van der Waals surface area contributed by atoms with Crippen LogP contribution in [0, 0.1) is 0 Å². The van der Waals surface area contributed by atoms with Gasteiger partial charge in [0.15, 0.2) is 0 Å². The number of nitrogens with zero attached hydrogens (tertiary/aromatic N) is 1. The molecule has 6 nitrogen and oxygen atoms in total. The summed E-state index contributed by atoms with van der Waals surface area (Å²) in [5, 5.41) is -0.0275. The normalized spacial score (nSPS) is 16.5. The Bertz CT molecular complexity index is 1120. The van der Waals surface area contributed by atoms with E-state index in [9.17, 15) is 26.4 Å². The summed E-state index contributed by atoms with van der Waals surface area (Å²) in [7, 11) is -4.25. The molecule has 0 saturated heterocycles. The van der Waals surface area contributed by atoms with E-state index in [0.717, 1.165) is 16.8 Å². The highest BCUT2D eigenvalue weighted by Gasteiger charge is 2.49. The van der Waals surface area contributed by atoms with Crippen LogP contribution in [0.15, 0.2) is 47.4 Å². The van der Waals surface area contributed by atoms with Crippen LogP contribution in [0.1, 0.15) is 37.7 Å². The van der Waals surface area contributed by atoms with Gasteiger partial charge in [0.1, 0.15) is 11.3 Å². The van der Waals surface area contributed by atoms with Gasteiger partial charge in [0.05, 0.1) is 9.92 Å². The number of rotatable bonds is 7. The second-order valence-corrected chi connectivity index (χ2v) is 10.4. The Labute approximate surface area is 199 Å². The topological polar surface area (TPSA) is 89.7 Å². The Hall–Kier alpha value is -2.01. The van der Waals surface area contributed by atoms with Crippen LogP contribution in [0.2, 0.25) is 10.0 Å². The van der Waals surface area contributed by atoms with Crippen LogP contribution in [0.4, 0.5) is 13.2 Å². The first-order chi connectivity index (χ1) is 15.3. The molecule has 1 fully saturated rings. The van der Waals surface area contributed by atoms with Gasteiger partial charge in [0, 0.05) is 11.6 Å². The van der Waals surface area contributed by atoms with Crippen molar-refractivity contribution in [1.82, 2.24) is 4.31 Å². The predicted octanol–water partition coefficient (Wildman–Crippen LogP) is 5.27. The van der Waals surface area contributed by atoms with Gasteiger partial charge in [-0.1, -0.05) is 48.5 Å². The maximum absolute atomic E-state index is 13.7. The van der Waals surface area contributed by atoms with E-state index in [-0.39, 0.29) is 34.9 Å².